The van der Waals surface area contributed by atoms with Gasteiger partial charge in [0.05, 0.1) is 5.56 Å². The molecule has 0 bridgehead atoms. The minimum Gasteiger partial charge on any atom is -0.507 e. The summed E-state index contributed by atoms with van der Waals surface area (Å²) in [6, 6.07) is 3.39. The third-order valence-corrected chi connectivity index (χ3v) is 3.20. The van der Waals surface area contributed by atoms with Gasteiger partial charge in [-0.2, -0.15) is 0 Å². The average Bonchev–Trinajstić information content (AvgIpc) is 2.27. The van der Waals surface area contributed by atoms with Crippen molar-refractivity contribution < 1.29 is 14.3 Å². The van der Waals surface area contributed by atoms with E-state index in [0.717, 1.165) is 23.9 Å². The second kappa shape index (κ2) is 6.73. The van der Waals surface area contributed by atoms with Gasteiger partial charge in [0.15, 0.2) is 0 Å². The van der Waals surface area contributed by atoms with Gasteiger partial charge in [0.25, 0.3) is 5.91 Å². The molecule has 100 valence electrons. The molecule has 1 atom stereocenters. The lowest BCUT2D eigenvalue weighted by molar-refractivity contribution is 0.0922. The van der Waals surface area contributed by atoms with Gasteiger partial charge in [-0.1, -0.05) is 29.8 Å². The number of halogens is 2. The molecule has 0 aliphatic rings. The Hall–Kier alpha value is -1.10. The third-order valence-electron chi connectivity index (χ3n) is 2.75. The summed E-state index contributed by atoms with van der Waals surface area (Å²) in [4.78, 5) is 12.0. The van der Waals surface area contributed by atoms with E-state index < -0.39 is 5.82 Å². The van der Waals surface area contributed by atoms with E-state index in [0.29, 0.717) is 0 Å². The van der Waals surface area contributed by atoms with Crippen molar-refractivity contribution in [2.75, 3.05) is 5.33 Å². The van der Waals surface area contributed by atoms with Crippen LogP contribution in [0, 0.1) is 11.7 Å². The van der Waals surface area contributed by atoms with Crippen LogP contribution in [0.4, 0.5) is 4.39 Å². The van der Waals surface area contributed by atoms with Crippen LogP contribution >= 0.6 is 15.9 Å². The number of phenols is 1. The van der Waals surface area contributed by atoms with Crippen LogP contribution in [0.3, 0.4) is 0 Å². The first kappa shape index (κ1) is 15.0. The highest BCUT2D eigenvalue weighted by atomic mass is 79.9. The molecule has 18 heavy (non-hydrogen) atoms. The Labute approximate surface area is 115 Å². The van der Waals surface area contributed by atoms with Gasteiger partial charge in [0.1, 0.15) is 11.6 Å². The van der Waals surface area contributed by atoms with Gasteiger partial charge in [-0.3, -0.25) is 4.79 Å². The van der Waals surface area contributed by atoms with Crippen LogP contribution in [0.25, 0.3) is 0 Å². The Kier molecular flexibility index (Phi) is 5.59. The van der Waals surface area contributed by atoms with E-state index >= 15 is 0 Å². The number of phenolic OH excluding ortho intramolecular Hbond substituents is 1. The van der Waals surface area contributed by atoms with Crippen molar-refractivity contribution in [2.24, 2.45) is 5.92 Å². The molecule has 1 unspecified atom stereocenters. The number of aromatic hydroxyl groups is 1. The highest BCUT2D eigenvalue weighted by Gasteiger charge is 2.18. The number of benzene rings is 1. The lowest BCUT2D eigenvalue weighted by atomic mass is 10.0. The quantitative estimate of drug-likeness (QED) is 0.820. The number of amides is 1. The molecule has 1 aromatic carbocycles. The van der Waals surface area contributed by atoms with Crippen LogP contribution in [-0.4, -0.2) is 22.4 Å². The van der Waals surface area contributed by atoms with Crippen LogP contribution in [0.2, 0.25) is 0 Å². The normalized spacial score (nSPS) is 12.5. The molecule has 0 aromatic heterocycles. The van der Waals surface area contributed by atoms with E-state index in [9.17, 15) is 14.3 Å². The van der Waals surface area contributed by atoms with Crippen molar-refractivity contribution in [3.63, 3.8) is 0 Å². The van der Waals surface area contributed by atoms with Crippen molar-refractivity contribution in [3.8, 4) is 5.75 Å². The number of nitrogens with one attached hydrogen (secondary N) is 1. The summed E-state index contributed by atoms with van der Waals surface area (Å²) in [7, 11) is 0. The van der Waals surface area contributed by atoms with E-state index in [1.54, 1.807) is 0 Å². The molecule has 3 nitrogen and oxygen atoms in total. The Morgan fingerprint density at radius 2 is 2.17 bits per heavy atom. The van der Waals surface area contributed by atoms with Gasteiger partial charge >= 0.3 is 0 Å². The first-order valence-electron chi connectivity index (χ1n) is 5.81. The fourth-order valence-corrected chi connectivity index (χ4v) is 2.13. The van der Waals surface area contributed by atoms with Gasteiger partial charge in [0.2, 0.25) is 0 Å². The van der Waals surface area contributed by atoms with E-state index in [2.05, 4.69) is 21.2 Å². The van der Waals surface area contributed by atoms with E-state index in [1.165, 1.54) is 6.07 Å². The summed E-state index contributed by atoms with van der Waals surface area (Å²) in [6.45, 7) is 4.02. The SMILES string of the molecule is CC(C)C(CCBr)NC(=O)c1ccc(F)cc1O. The topological polar surface area (TPSA) is 49.3 Å². The molecule has 0 saturated carbocycles. The van der Waals surface area contributed by atoms with Crippen molar-refractivity contribution in [2.45, 2.75) is 26.3 Å². The number of alkyl halides is 1. The minimum absolute atomic E-state index is 0.0151. The number of rotatable bonds is 5. The standard InChI is InChI=1S/C13H17BrFNO2/c1-8(2)11(5-6-14)16-13(18)10-4-3-9(15)7-12(10)17/h3-4,7-8,11,17H,5-6H2,1-2H3,(H,16,18). The summed E-state index contributed by atoms with van der Waals surface area (Å²) in [5.74, 6) is -1.000. The van der Waals surface area contributed by atoms with Gasteiger partial charge in [-0.25, -0.2) is 4.39 Å². The predicted molar refractivity (Wildman–Crippen MR) is 72.6 cm³/mol. The number of hydrogen-bond donors (Lipinski definition) is 2. The number of carbonyl (C=O) groups excluding carboxylic acids is 1. The maximum Gasteiger partial charge on any atom is 0.255 e. The monoisotopic (exact) mass is 317 g/mol. The highest BCUT2D eigenvalue weighted by molar-refractivity contribution is 9.09. The fourth-order valence-electron chi connectivity index (χ4n) is 1.63. The smallest absolute Gasteiger partial charge is 0.255 e. The molecule has 0 radical (unpaired) electrons. The van der Waals surface area contributed by atoms with E-state index in [1.807, 2.05) is 13.8 Å². The molecule has 1 rings (SSSR count). The summed E-state index contributed by atoms with van der Waals surface area (Å²) in [5, 5.41) is 13.2. The Balaban J connectivity index is 2.80. The van der Waals surface area contributed by atoms with Gasteiger partial charge in [-0.15, -0.1) is 0 Å². The zero-order chi connectivity index (χ0) is 13.7. The molecular weight excluding hydrogens is 301 g/mol. The minimum atomic E-state index is -0.565. The molecular formula is C13H17BrFNO2. The number of hydrogen-bond acceptors (Lipinski definition) is 2. The molecule has 5 heteroatoms. The molecule has 0 fully saturated rings. The van der Waals surface area contributed by atoms with Gasteiger partial charge in [-0.05, 0) is 24.5 Å². The molecule has 1 amide bonds. The lowest BCUT2D eigenvalue weighted by Crippen LogP contribution is -2.38. The second-order valence-electron chi connectivity index (χ2n) is 4.46. The first-order valence-corrected chi connectivity index (χ1v) is 6.93. The first-order chi connectivity index (χ1) is 8.45. The van der Waals surface area contributed by atoms with Crippen LogP contribution in [0.15, 0.2) is 18.2 Å². The largest absolute Gasteiger partial charge is 0.507 e. The van der Waals surface area contributed by atoms with Crippen LogP contribution < -0.4 is 5.32 Å². The van der Waals surface area contributed by atoms with Crippen molar-refractivity contribution in [1.82, 2.24) is 5.32 Å². The molecule has 1 aromatic rings. The maximum atomic E-state index is 12.8. The summed E-state index contributed by atoms with van der Waals surface area (Å²) < 4.78 is 12.8. The van der Waals surface area contributed by atoms with Gasteiger partial charge < -0.3 is 10.4 Å². The van der Waals surface area contributed by atoms with Crippen LogP contribution in [-0.2, 0) is 0 Å². The zero-order valence-electron chi connectivity index (χ0n) is 10.4. The molecule has 0 saturated heterocycles. The summed E-state index contributed by atoms with van der Waals surface area (Å²) >= 11 is 3.34. The molecule has 2 N–H and O–H groups in total. The third kappa shape index (κ3) is 3.98. The Bertz CT molecular complexity index is 423. The predicted octanol–water partition coefficient (Wildman–Crippen LogP) is 3.07. The molecule has 0 aliphatic carbocycles. The van der Waals surface area contributed by atoms with Crippen molar-refractivity contribution >= 4 is 21.8 Å². The van der Waals surface area contributed by atoms with E-state index in [4.69, 9.17) is 0 Å². The maximum absolute atomic E-state index is 12.8. The van der Waals surface area contributed by atoms with Crippen LogP contribution in [0.5, 0.6) is 5.75 Å². The number of carbonyl (C=O) groups is 1. The van der Waals surface area contributed by atoms with E-state index in [-0.39, 0.29) is 29.2 Å². The zero-order valence-corrected chi connectivity index (χ0v) is 12.0. The Morgan fingerprint density at radius 3 is 2.67 bits per heavy atom. The fraction of sp³-hybridized carbons (Fsp3) is 0.462. The summed E-state index contributed by atoms with van der Waals surface area (Å²) in [6.07, 6.45) is 0.797. The average molecular weight is 318 g/mol. The molecule has 0 aliphatic heterocycles. The van der Waals surface area contributed by atoms with Crippen LogP contribution in [0.1, 0.15) is 30.6 Å². The lowest BCUT2D eigenvalue weighted by Gasteiger charge is -2.21. The second-order valence-corrected chi connectivity index (χ2v) is 5.26. The highest BCUT2D eigenvalue weighted by Crippen LogP contribution is 2.19. The van der Waals surface area contributed by atoms with Crippen molar-refractivity contribution in [3.05, 3.63) is 29.6 Å². The molecule has 0 heterocycles. The van der Waals surface area contributed by atoms with Crippen molar-refractivity contribution in [1.29, 1.82) is 0 Å². The Morgan fingerprint density at radius 1 is 1.50 bits per heavy atom. The molecule has 0 spiro atoms. The summed E-state index contributed by atoms with van der Waals surface area (Å²) in [5.41, 5.74) is 0.0941. The van der Waals surface area contributed by atoms with Gasteiger partial charge in [0, 0.05) is 17.4 Å².